The first-order valence-electron chi connectivity index (χ1n) is 7.22. The van der Waals surface area contributed by atoms with E-state index in [-0.39, 0.29) is 24.8 Å². The van der Waals surface area contributed by atoms with Gasteiger partial charge in [0, 0.05) is 6.54 Å². The highest BCUT2D eigenvalue weighted by Gasteiger charge is 2.28. The van der Waals surface area contributed by atoms with Crippen LogP contribution >= 0.6 is 0 Å². The highest BCUT2D eigenvalue weighted by molar-refractivity contribution is 7.92. The van der Waals surface area contributed by atoms with E-state index in [1.54, 1.807) is 20.8 Å². The first kappa shape index (κ1) is 18.5. The van der Waals surface area contributed by atoms with E-state index in [1.165, 1.54) is 0 Å². The average Bonchev–Trinajstić information content (AvgIpc) is 2.36. The molecule has 1 rings (SSSR count). The van der Waals surface area contributed by atoms with Crippen molar-refractivity contribution in [2.45, 2.75) is 39.4 Å². The van der Waals surface area contributed by atoms with Gasteiger partial charge in [-0.3, -0.25) is 4.79 Å². The molecular weight excluding hydrogens is 302 g/mol. The molecule has 0 aliphatic rings. The molecule has 0 atom stereocenters. The molecule has 5 nitrogen and oxygen atoms in total. The highest BCUT2D eigenvalue weighted by atomic mass is 32.2. The highest BCUT2D eigenvalue weighted by Crippen LogP contribution is 2.22. The summed E-state index contributed by atoms with van der Waals surface area (Å²) < 4.78 is 28.5. The number of rotatable bonds is 6. The third-order valence-electron chi connectivity index (χ3n) is 3.38. The van der Waals surface area contributed by atoms with Crippen molar-refractivity contribution in [1.82, 2.24) is 5.32 Å². The van der Waals surface area contributed by atoms with Crippen LogP contribution in [-0.2, 0) is 14.6 Å². The second-order valence-electron chi connectivity index (χ2n) is 6.29. The fraction of sp³-hybridized carbons (Fsp3) is 0.562. The third-order valence-corrected chi connectivity index (χ3v) is 5.99. The molecule has 0 bridgehead atoms. The standard InChI is InChI=1S/C16H25NO4S/c1-12-7-6-8-13(2)15(12)21-11-14(18)17-9-10-22(19,20)16(3,4)5/h6-8H,9-11H2,1-5H3,(H,17,18). The van der Waals surface area contributed by atoms with Crippen LogP contribution in [0.4, 0.5) is 0 Å². The van der Waals surface area contributed by atoms with Gasteiger partial charge in [-0.25, -0.2) is 8.42 Å². The molecule has 0 saturated carbocycles. The predicted molar refractivity (Wildman–Crippen MR) is 88.0 cm³/mol. The van der Waals surface area contributed by atoms with Gasteiger partial charge in [-0.1, -0.05) is 18.2 Å². The van der Waals surface area contributed by atoms with Crippen LogP contribution in [0.25, 0.3) is 0 Å². The first-order chi connectivity index (χ1) is 10.0. The van der Waals surface area contributed by atoms with E-state index in [0.717, 1.165) is 11.1 Å². The number of carbonyl (C=O) groups is 1. The molecule has 0 spiro atoms. The van der Waals surface area contributed by atoms with E-state index in [1.807, 2.05) is 32.0 Å². The van der Waals surface area contributed by atoms with E-state index in [2.05, 4.69) is 5.32 Å². The maximum atomic E-state index is 11.9. The number of sulfone groups is 1. The Bertz CT molecular complexity index is 610. The van der Waals surface area contributed by atoms with Gasteiger partial charge in [0.05, 0.1) is 10.5 Å². The minimum Gasteiger partial charge on any atom is -0.483 e. The number of carbonyl (C=O) groups excluding carboxylic acids is 1. The summed E-state index contributed by atoms with van der Waals surface area (Å²) in [5.74, 6) is 0.290. The monoisotopic (exact) mass is 327 g/mol. The van der Waals surface area contributed by atoms with E-state index in [9.17, 15) is 13.2 Å². The molecule has 0 aliphatic heterocycles. The normalized spacial score (nSPS) is 12.0. The molecule has 0 aromatic heterocycles. The summed E-state index contributed by atoms with van der Waals surface area (Å²) in [4.78, 5) is 11.7. The van der Waals surface area contributed by atoms with E-state index in [0.29, 0.717) is 5.75 Å². The van der Waals surface area contributed by atoms with Crippen molar-refractivity contribution >= 4 is 15.7 Å². The molecule has 124 valence electrons. The summed E-state index contributed by atoms with van der Waals surface area (Å²) in [6.45, 7) is 8.73. The second kappa shape index (κ2) is 7.13. The smallest absolute Gasteiger partial charge is 0.257 e. The van der Waals surface area contributed by atoms with Crippen LogP contribution in [0.3, 0.4) is 0 Å². The van der Waals surface area contributed by atoms with Crippen LogP contribution < -0.4 is 10.1 Å². The van der Waals surface area contributed by atoms with E-state index >= 15 is 0 Å². The van der Waals surface area contributed by atoms with Crippen molar-refractivity contribution in [2.24, 2.45) is 0 Å². The zero-order valence-corrected chi connectivity index (χ0v) is 14.7. The Balaban J connectivity index is 2.46. The topological polar surface area (TPSA) is 72.5 Å². The minimum atomic E-state index is -3.23. The van der Waals surface area contributed by atoms with Crippen LogP contribution in [0.15, 0.2) is 18.2 Å². The van der Waals surface area contributed by atoms with Crippen LogP contribution in [-0.4, -0.2) is 38.0 Å². The van der Waals surface area contributed by atoms with Crippen molar-refractivity contribution in [3.8, 4) is 5.75 Å². The minimum absolute atomic E-state index is 0.0777. The SMILES string of the molecule is Cc1cccc(C)c1OCC(=O)NCCS(=O)(=O)C(C)(C)C. The summed E-state index contributed by atoms with van der Waals surface area (Å²) in [5, 5.41) is 2.58. The van der Waals surface area contributed by atoms with Crippen molar-refractivity contribution < 1.29 is 17.9 Å². The average molecular weight is 327 g/mol. The summed E-state index contributed by atoms with van der Waals surface area (Å²) in [5.41, 5.74) is 1.92. The Morgan fingerprint density at radius 3 is 2.23 bits per heavy atom. The summed E-state index contributed by atoms with van der Waals surface area (Å²) >= 11 is 0. The van der Waals surface area contributed by atoms with Gasteiger partial charge < -0.3 is 10.1 Å². The Kier molecular flexibility index (Phi) is 6.00. The number of hydrogen-bond donors (Lipinski definition) is 1. The number of ether oxygens (including phenoxy) is 1. The van der Waals surface area contributed by atoms with Crippen LogP contribution in [0.2, 0.25) is 0 Å². The number of aryl methyl sites for hydroxylation is 2. The maximum Gasteiger partial charge on any atom is 0.257 e. The zero-order valence-electron chi connectivity index (χ0n) is 13.9. The van der Waals surface area contributed by atoms with Gasteiger partial charge in [0.2, 0.25) is 0 Å². The van der Waals surface area contributed by atoms with Gasteiger partial charge in [0.1, 0.15) is 5.75 Å². The number of nitrogens with one attached hydrogen (secondary N) is 1. The molecule has 0 saturated heterocycles. The Hall–Kier alpha value is -1.56. The predicted octanol–water partition coefficient (Wildman–Crippen LogP) is 2.01. The van der Waals surface area contributed by atoms with Gasteiger partial charge >= 0.3 is 0 Å². The first-order valence-corrected chi connectivity index (χ1v) is 8.88. The molecule has 1 aromatic carbocycles. The molecule has 6 heteroatoms. The lowest BCUT2D eigenvalue weighted by Gasteiger charge is -2.19. The van der Waals surface area contributed by atoms with Crippen molar-refractivity contribution in [2.75, 3.05) is 18.9 Å². The lowest BCUT2D eigenvalue weighted by molar-refractivity contribution is -0.122. The molecule has 1 amide bonds. The fourth-order valence-electron chi connectivity index (χ4n) is 1.85. The van der Waals surface area contributed by atoms with Gasteiger partial charge in [-0.15, -0.1) is 0 Å². The number of para-hydroxylation sites is 1. The van der Waals surface area contributed by atoms with E-state index < -0.39 is 14.6 Å². The number of hydrogen-bond acceptors (Lipinski definition) is 4. The molecule has 1 aromatic rings. The molecule has 0 aliphatic carbocycles. The van der Waals surface area contributed by atoms with Gasteiger partial charge in [-0.2, -0.15) is 0 Å². The fourth-order valence-corrected chi connectivity index (χ4v) is 2.83. The lowest BCUT2D eigenvalue weighted by atomic mass is 10.1. The quantitative estimate of drug-likeness (QED) is 0.867. The van der Waals surface area contributed by atoms with E-state index in [4.69, 9.17) is 4.74 Å². The molecule has 0 radical (unpaired) electrons. The molecule has 0 heterocycles. The number of amides is 1. The van der Waals surface area contributed by atoms with Crippen molar-refractivity contribution in [3.05, 3.63) is 29.3 Å². The Morgan fingerprint density at radius 1 is 1.18 bits per heavy atom. The molecule has 22 heavy (non-hydrogen) atoms. The molecule has 1 N–H and O–H groups in total. The van der Waals surface area contributed by atoms with Gasteiger partial charge in [-0.05, 0) is 45.7 Å². The largest absolute Gasteiger partial charge is 0.483 e. The molecular formula is C16H25NO4S. The second-order valence-corrected chi connectivity index (χ2v) is 9.15. The number of benzene rings is 1. The van der Waals surface area contributed by atoms with Crippen molar-refractivity contribution in [1.29, 1.82) is 0 Å². The lowest BCUT2D eigenvalue weighted by Crippen LogP contribution is -2.38. The Labute approximate surface area is 133 Å². The zero-order chi connectivity index (χ0) is 17.0. The molecule has 0 fully saturated rings. The summed E-state index contributed by atoms with van der Waals surface area (Å²) in [6, 6.07) is 5.75. The summed E-state index contributed by atoms with van der Waals surface area (Å²) in [7, 11) is -3.23. The Morgan fingerprint density at radius 2 is 1.73 bits per heavy atom. The summed E-state index contributed by atoms with van der Waals surface area (Å²) in [6.07, 6.45) is 0. The van der Waals surface area contributed by atoms with Gasteiger partial charge in [0.15, 0.2) is 16.4 Å². The maximum absolute atomic E-state index is 11.9. The van der Waals surface area contributed by atoms with Crippen LogP contribution in [0, 0.1) is 13.8 Å². The van der Waals surface area contributed by atoms with Crippen molar-refractivity contribution in [3.63, 3.8) is 0 Å². The van der Waals surface area contributed by atoms with Gasteiger partial charge in [0.25, 0.3) is 5.91 Å². The van der Waals surface area contributed by atoms with Crippen LogP contribution in [0.5, 0.6) is 5.75 Å². The van der Waals surface area contributed by atoms with Crippen LogP contribution in [0.1, 0.15) is 31.9 Å². The molecule has 0 unspecified atom stereocenters. The third kappa shape index (κ3) is 5.02.